The fraction of sp³-hybridized carbons (Fsp3) is 0.789. The second-order valence-corrected chi connectivity index (χ2v) is 7.12. The van der Waals surface area contributed by atoms with Gasteiger partial charge in [0.2, 0.25) is 0 Å². The van der Waals surface area contributed by atoms with Crippen LogP contribution in [-0.4, -0.2) is 65.8 Å². The summed E-state index contributed by atoms with van der Waals surface area (Å²) in [4.78, 5) is 9.35. The summed E-state index contributed by atoms with van der Waals surface area (Å²) in [6.45, 7) is 13.4. The topological polar surface area (TPSA) is 48.7 Å². The van der Waals surface area contributed by atoms with Crippen LogP contribution in [0.15, 0.2) is 11.2 Å². The van der Waals surface area contributed by atoms with Crippen LogP contribution in [0.2, 0.25) is 0 Å². The Morgan fingerprint density at radius 1 is 1.28 bits per heavy atom. The minimum Gasteiger partial charge on any atom is -0.357 e. The monoisotopic (exact) mass is 350 g/mol. The number of guanidine groups is 1. The molecule has 0 radical (unpaired) electrons. The van der Waals surface area contributed by atoms with E-state index in [4.69, 9.17) is 4.99 Å². The van der Waals surface area contributed by atoms with Crippen molar-refractivity contribution >= 4 is 5.96 Å². The molecule has 0 aliphatic rings. The number of aryl methyl sites for hydroxylation is 1. The molecule has 0 amide bonds. The second-order valence-electron chi connectivity index (χ2n) is 7.12. The molecular formula is C19H38N6. The highest BCUT2D eigenvalue weighted by Crippen LogP contribution is 2.18. The lowest BCUT2D eigenvalue weighted by Gasteiger charge is -2.23. The molecule has 25 heavy (non-hydrogen) atoms. The summed E-state index contributed by atoms with van der Waals surface area (Å²) in [5, 5.41) is 8.01. The van der Waals surface area contributed by atoms with Gasteiger partial charge in [-0.05, 0) is 32.9 Å². The van der Waals surface area contributed by atoms with Crippen molar-refractivity contribution in [1.29, 1.82) is 0 Å². The molecule has 1 aromatic rings. The van der Waals surface area contributed by atoms with Crippen LogP contribution < -0.4 is 5.32 Å². The molecule has 144 valence electrons. The van der Waals surface area contributed by atoms with E-state index in [1.54, 1.807) is 0 Å². The van der Waals surface area contributed by atoms with Crippen molar-refractivity contribution in [3.8, 4) is 0 Å². The van der Waals surface area contributed by atoms with Gasteiger partial charge >= 0.3 is 0 Å². The van der Waals surface area contributed by atoms with Crippen molar-refractivity contribution in [1.82, 2.24) is 24.9 Å². The van der Waals surface area contributed by atoms with Crippen molar-refractivity contribution in [2.24, 2.45) is 12.0 Å². The van der Waals surface area contributed by atoms with Crippen LogP contribution >= 0.6 is 0 Å². The highest BCUT2D eigenvalue weighted by molar-refractivity contribution is 5.79. The van der Waals surface area contributed by atoms with Gasteiger partial charge in [0, 0.05) is 45.5 Å². The first-order valence-electron chi connectivity index (χ1n) is 9.59. The van der Waals surface area contributed by atoms with Crippen molar-refractivity contribution < 1.29 is 0 Å². The molecule has 0 unspecified atom stereocenters. The number of rotatable bonds is 10. The van der Waals surface area contributed by atoms with Gasteiger partial charge in [0.1, 0.15) is 0 Å². The van der Waals surface area contributed by atoms with Gasteiger partial charge < -0.3 is 15.1 Å². The minimum absolute atomic E-state index is 0.427. The van der Waals surface area contributed by atoms with Crippen molar-refractivity contribution in [3.05, 3.63) is 17.5 Å². The first kappa shape index (κ1) is 21.5. The van der Waals surface area contributed by atoms with E-state index < -0.39 is 0 Å². The molecule has 1 aromatic heterocycles. The Labute approximate surface area is 154 Å². The third kappa shape index (κ3) is 7.46. The van der Waals surface area contributed by atoms with Crippen LogP contribution in [0.1, 0.15) is 57.7 Å². The van der Waals surface area contributed by atoms with Crippen LogP contribution in [0, 0.1) is 0 Å². The second kappa shape index (κ2) is 11.1. The number of hydrogen-bond donors (Lipinski definition) is 1. The van der Waals surface area contributed by atoms with E-state index >= 15 is 0 Å². The number of aromatic nitrogens is 2. The minimum atomic E-state index is 0.427. The average molecular weight is 351 g/mol. The first-order chi connectivity index (χ1) is 11.9. The largest absolute Gasteiger partial charge is 0.357 e. The fourth-order valence-electron chi connectivity index (χ4n) is 2.83. The SMILES string of the molecule is CCCCN(C)CCN=C(NCC)N(C)Cc1cn(C)nc1C(C)C. The summed E-state index contributed by atoms with van der Waals surface area (Å²) < 4.78 is 1.91. The molecule has 0 atom stereocenters. The number of hydrogen-bond acceptors (Lipinski definition) is 3. The Morgan fingerprint density at radius 2 is 2.00 bits per heavy atom. The van der Waals surface area contributed by atoms with Crippen LogP contribution in [0.25, 0.3) is 0 Å². The van der Waals surface area contributed by atoms with Crippen LogP contribution in [0.3, 0.4) is 0 Å². The van der Waals surface area contributed by atoms with Crippen molar-refractivity contribution in [3.63, 3.8) is 0 Å². The smallest absolute Gasteiger partial charge is 0.194 e. The molecular weight excluding hydrogens is 312 g/mol. The highest BCUT2D eigenvalue weighted by Gasteiger charge is 2.15. The van der Waals surface area contributed by atoms with Crippen LogP contribution in [-0.2, 0) is 13.6 Å². The van der Waals surface area contributed by atoms with Gasteiger partial charge in [-0.3, -0.25) is 9.67 Å². The summed E-state index contributed by atoms with van der Waals surface area (Å²) >= 11 is 0. The predicted molar refractivity (Wildman–Crippen MR) is 107 cm³/mol. The highest BCUT2D eigenvalue weighted by atomic mass is 15.3. The Kier molecular flexibility index (Phi) is 9.57. The predicted octanol–water partition coefficient (Wildman–Crippen LogP) is 2.67. The molecule has 0 aromatic carbocycles. The van der Waals surface area contributed by atoms with Gasteiger partial charge in [-0.15, -0.1) is 0 Å². The lowest BCUT2D eigenvalue weighted by molar-refractivity contribution is 0.336. The van der Waals surface area contributed by atoms with Crippen LogP contribution in [0.4, 0.5) is 0 Å². The van der Waals surface area contributed by atoms with Crippen molar-refractivity contribution in [2.75, 3.05) is 40.3 Å². The maximum atomic E-state index is 4.80. The molecule has 0 aliphatic heterocycles. The number of nitrogens with one attached hydrogen (secondary N) is 1. The summed E-state index contributed by atoms with van der Waals surface area (Å²) in [5.41, 5.74) is 2.44. The van der Waals surface area contributed by atoms with E-state index in [2.05, 4.69) is 68.2 Å². The third-order valence-corrected chi connectivity index (χ3v) is 4.22. The Hall–Kier alpha value is -1.56. The van der Waals surface area contributed by atoms with Gasteiger partial charge in [-0.2, -0.15) is 5.10 Å². The van der Waals surface area contributed by atoms with E-state index in [0.29, 0.717) is 5.92 Å². The van der Waals surface area contributed by atoms with Gasteiger partial charge in [0.25, 0.3) is 0 Å². The first-order valence-corrected chi connectivity index (χ1v) is 9.59. The molecule has 0 aliphatic carbocycles. The number of likely N-dealkylation sites (N-methyl/N-ethyl adjacent to an activating group) is 1. The molecule has 6 nitrogen and oxygen atoms in total. The maximum Gasteiger partial charge on any atom is 0.194 e. The normalized spacial score (nSPS) is 12.3. The lowest BCUT2D eigenvalue weighted by Crippen LogP contribution is -2.39. The Bertz CT molecular complexity index is 520. The molecule has 0 saturated heterocycles. The zero-order valence-electron chi connectivity index (χ0n) is 17.3. The van der Waals surface area contributed by atoms with E-state index in [9.17, 15) is 0 Å². The number of aliphatic imine (C=N–C) groups is 1. The number of nitrogens with zero attached hydrogens (tertiary/aromatic N) is 5. The quantitative estimate of drug-likeness (QED) is 0.521. The van der Waals surface area contributed by atoms with Gasteiger partial charge in [-0.25, -0.2) is 0 Å². The molecule has 0 fully saturated rings. The van der Waals surface area contributed by atoms with Gasteiger partial charge in [0.15, 0.2) is 5.96 Å². The zero-order valence-corrected chi connectivity index (χ0v) is 17.3. The molecule has 1 heterocycles. The lowest BCUT2D eigenvalue weighted by atomic mass is 10.1. The molecule has 1 rings (SSSR count). The average Bonchev–Trinajstić information content (AvgIpc) is 2.92. The molecule has 0 spiro atoms. The molecule has 6 heteroatoms. The van der Waals surface area contributed by atoms with Gasteiger partial charge in [-0.1, -0.05) is 27.2 Å². The molecule has 0 bridgehead atoms. The summed E-state index contributed by atoms with van der Waals surface area (Å²) in [5.74, 6) is 1.39. The van der Waals surface area contributed by atoms with E-state index in [1.165, 1.54) is 24.1 Å². The summed E-state index contributed by atoms with van der Waals surface area (Å²) in [7, 11) is 6.26. The summed E-state index contributed by atoms with van der Waals surface area (Å²) in [6.07, 6.45) is 4.61. The number of unbranched alkanes of at least 4 members (excludes halogenated alkanes) is 1. The Morgan fingerprint density at radius 3 is 2.60 bits per heavy atom. The van der Waals surface area contributed by atoms with E-state index in [0.717, 1.165) is 38.7 Å². The fourth-order valence-corrected chi connectivity index (χ4v) is 2.83. The Balaban J connectivity index is 2.69. The van der Waals surface area contributed by atoms with Crippen LogP contribution in [0.5, 0.6) is 0 Å². The molecule has 1 N–H and O–H groups in total. The standard InChI is InChI=1S/C19H38N6/c1-8-10-12-23(5)13-11-21-19(20-9-2)24(6)14-17-15-25(7)22-18(17)16(3)4/h15-16H,8-14H2,1-7H3,(H,20,21). The summed E-state index contributed by atoms with van der Waals surface area (Å²) in [6, 6.07) is 0. The zero-order chi connectivity index (χ0) is 18.8. The van der Waals surface area contributed by atoms with Crippen molar-refractivity contribution in [2.45, 2.75) is 53.0 Å². The van der Waals surface area contributed by atoms with E-state index in [1.807, 2.05) is 11.7 Å². The van der Waals surface area contributed by atoms with Gasteiger partial charge in [0.05, 0.1) is 12.2 Å². The maximum absolute atomic E-state index is 4.80. The third-order valence-electron chi connectivity index (χ3n) is 4.22. The van der Waals surface area contributed by atoms with E-state index in [-0.39, 0.29) is 0 Å². The molecule has 0 saturated carbocycles.